The second-order valence-corrected chi connectivity index (χ2v) is 6.24. The van der Waals surface area contributed by atoms with E-state index < -0.39 is 0 Å². The Kier molecular flexibility index (Phi) is 4.83. The largest absolute Gasteiger partial charge is 0.489 e. The van der Waals surface area contributed by atoms with Crippen molar-refractivity contribution >= 4 is 17.4 Å². The van der Waals surface area contributed by atoms with Gasteiger partial charge in [0.05, 0.1) is 12.7 Å². The number of ether oxygens (including phenoxy) is 1. The van der Waals surface area contributed by atoms with Crippen molar-refractivity contribution in [2.24, 2.45) is 12.0 Å². The Hall–Kier alpha value is -2.70. The van der Waals surface area contributed by atoms with Crippen LogP contribution >= 0.6 is 0 Å². The smallest absolute Gasteiger partial charge is 0.256 e. The fraction of sp³-hybridized carbons (Fsp3) is 0.389. The quantitative estimate of drug-likeness (QED) is 0.799. The van der Waals surface area contributed by atoms with Gasteiger partial charge in [0.25, 0.3) is 5.91 Å². The van der Waals surface area contributed by atoms with E-state index in [0.717, 1.165) is 11.3 Å². The van der Waals surface area contributed by atoms with E-state index in [1.165, 1.54) is 18.3 Å². The van der Waals surface area contributed by atoms with Crippen LogP contribution < -0.4 is 10.1 Å². The van der Waals surface area contributed by atoms with Crippen molar-refractivity contribution in [2.75, 3.05) is 6.54 Å². The van der Waals surface area contributed by atoms with Gasteiger partial charge in [-0.05, 0) is 50.5 Å². The number of carbonyl (C=O) groups is 1. The second kappa shape index (κ2) is 7.04. The number of aromatic nitrogens is 2. The molecule has 1 aliphatic heterocycles. The Morgan fingerprint density at radius 1 is 1.36 bits per heavy atom. The zero-order chi connectivity index (χ0) is 18.0. The summed E-state index contributed by atoms with van der Waals surface area (Å²) in [5.41, 5.74) is 2.05. The summed E-state index contributed by atoms with van der Waals surface area (Å²) in [4.78, 5) is 17.0. The van der Waals surface area contributed by atoms with Gasteiger partial charge in [0.2, 0.25) is 0 Å². The second-order valence-electron chi connectivity index (χ2n) is 6.24. The van der Waals surface area contributed by atoms with Crippen LogP contribution in [0.15, 0.2) is 29.4 Å². The monoisotopic (exact) mass is 344 g/mol. The highest BCUT2D eigenvalue weighted by Crippen LogP contribution is 2.24. The van der Waals surface area contributed by atoms with E-state index in [9.17, 15) is 9.18 Å². The van der Waals surface area contributed by atoms with Gasteiger partial charge in [-0.25, -0.2) is 9.38 Å². The van der Waals surface area contributed by atoms with Crippen LogP contribution in [0.5, 0.6) is 5.75 Å². The minimum absolute atomic E-state index is 0.242. The van der Waals surface area contributed by atoms with Crippen LogP contribution in [0.2, 0.25) is 0 Å². The number of benzene rings is 1. The summed E-state index contributed by atoms with van der Waals surface area (Å²) in [5, 5.41) is 6.96. The maximum atomic E-state index is 13.6. The molecule has 0 aliphatic carbocycles. The molecule has 0 spiro atoms. The third kappa shape index (κ3) is 3.87. The molecule has 0 fully saturated rings. The molecular formula is C18H21FN4O2. The molecule has 0 saturated heterocycles. The van der Waals surface area contributed by atoms with Gasteiger partial charge >= 0.3 is 0 Å². The van der Waals surface area contributed by atoms with Crippen molar-refractivity contribution in [3.63, 3.8) is 0 Å². The number of aliphatic imine (C=N–C) groups is 1. The molecule has 0 unspecified atom stereocenters. The molecule has 6 nitrogen and oxygen atoms in total. The van der Waals surface area contributed by atoms with Crippen molar-refractivity contribution < 1.29 is 13.9 Å². The number of nitrogens with zero attached hydrogens (tertiary/aromatic N) is 3. The van der Waals surface area contributed by atoms with Gasteiger partial charge in [-0.3, -0.25) is 9.48 Å². The molecular weight excluding hydrogens is 323 g/mol. The van der Waals surface area contributed by atoms with Gasteiger partial charge in [-0.15, -0.1) is 0 Å². The van der Waals surface area contributed by atoms with E-state index in [4.69, 9.17) is 4.74 Å². The third-order valence-electron chi connectivity index (χ3n) is 4.11. The van der Waals surface area contributed by atoms with Crippen LogP contribution in [-0.4, -0.2) is 34.0 Å². The molecule has 0 bridgehead atoms. The molecule has 3 rings (SSSR count). The lowest BCUT2D eigenvalue weighted by atomic mass is 10.1. The van der Waals surface area contributed by atoms with Crippen molar-refractivity contribution in [2.45, 2.75) is 32.8 Å². The summed E-state index contributed by atoms with van der Waals surface area (Å²) in [6, 6.07) is 4.50. The number of hydrogen-bond donors (Lipinski definition) is 1. The van der Waals surface area contributed by atoms with Crippen molar-refractivity contribution in [3.05, 3.63) is 41.3 Å². The van der Waals surface area contributed by atoms with Gasteiger partial charge in [0.15, 0.2) is 5.82 Å². The molecule has 25 heavy (non-hydrogen) atoms. The normalized spacial score (nSPS) is 18.5. The average molecular weight is 344 g/mol. The van der Waals surface area contributed by atoms with Gasteiger partial charge < -0.3 is 10.1 Å². The van der Waals surface area contributed by atoms with E-state index in [1.807, 2.05) is 13.8 Å². The number of hydrogen-bond acceptors (Lipinski definition) is 4. The number of fused-ring (bicyclic) bond motifs is 2. The van der Waals surface area contributed by atoms with Gasteiger partial charge in [-0.1, -0.05) is 0 Å². The Balaban J connectivity index is 1.98. The first-order valence-corrected chi connectivity index (χ1v) is 8.23. The SMILES string of the molecule is CC1=Nc2c(cnn2C)C(=O)NC[C@H](C)Oc2ccc(F)cc2CC1. The number of halogens is 1. The average Bonchev–Trinajstić information content (AvgIpc) is 2.93. The predicted molar refractivity (Wildman–Crippen MR) is 93.1 cm³/mol. The lowest BCUT2D eigenvalue weighted by molar-refractivity contribution is 0.0932. The van der Waals surface area contributed by atoms with E-state index in [-0.39, 0.29) is 17.8 Å². The molecule has 1 atom stereocenters. The molecule has 1 aromatic carbocycles. The molecule has 132 valence electrons. The number of rotatable bonds is 0. The standard InChI is InChI=1S/C18H21FN4O2/c1-11-4-5-13-8-14(19)6-7-16(13)25-12(2)9-20-18(24)15-10-21-23(3)17(15)22-11/h6-8,10,12H,4-5,9H2,1-3H3,(H,20,24)/t12-/m0/s1. The molecule has 1 N–H and O–H groups in total. The molecule has 2 heterocycles. The molecule has 1 aliphatic rings. The molecule has 7 heteroatoms. The topological polar surface area (TPSA) is 68.5 Å². The number of carbonyl (C=O) groups excluding carboxylic acids is 1. The predicted octanol–water partition coefficient (Wildman–Crippen LogP) is 2.80. The van der Waals surface area contributed by atoms with Gasteiger partial charge in [0.1, 0.15) is 23.2 Å². The zero-order valence-corrected chi connectivity index (χ0v) is 14.5. The summed E-state index contributed by atoms with van der Waals surface area (Å²) in [6.45, 7) is 4.07. The van der Waals surface area contributed by atoms with Crippen LogP contribution in [0.25, 0.3) is 0 Å². The highest BCUT2D eigenvalue weighted by atomic mass is 19.1. The number of aryl methyl sites for hydroxylation is 2. The summed E-state index contributed by atoms with van der Waals surface area (Å²) < 4.78 is 21.1. The van der Waals surface area contributed by atoms with Crippen LogP contribution in [0, 0.1) is 5.82 Å². The van der Waals surface area contributed by atoms with Crippen LogP contribution in [0.4, 0.5) is 10.2 Å². The third-order valence-corrected chi connectivity index (χ3v) is 4.11. The Bertz CT molecular complexity index is 828. The summed E-state index contributed by atoms with van der Waals surface area (Å²) in [5.74, 6) is 0.612. The summed E-state index contributed by atoms with van der Waals surface area (Å²) >= 11 is 0. The lowest BCUT2D eigenvalue weighted by Gasteiger charge is -2.18. The first-order chi connectivity index (χ1) is 11.9. The summed E-state index contributed by atoms with van der Waals surface area (Å²) in [7, 11) is 1.75. The highest BCUT2D eigenvalue weighted by Gasteiger charge is 2.18. The minimum atomic E-state index is -0.295. The van der Waals surface area contributed by atoms with Crippen molar-refractivity contribution in [1.29, 1.82) is 0 Å². The van der Waals surface area contributed by atoms with E-state index >= 15 is 0 Å². The first-order valence-electron chi connectivity index (χ1n) is 8.23. The van der Waals surface area contributed by atoms with Crippen molar-refractivity contribution in [1.82, 2.24) is 15.1 Å². The zero-order valence-electron chi connectivity index (χ0n) is 14.5. The molecule has 2 aromatic rings. The molecule has 0 saturated carbocycles. The van der Waals surface area contributed by atoms with E-state index in [2.05, 4.69) is 15.4 Å². The van der Waals surface area contributed by atoms with Gasteiger partial charge in [-0.2, -0.15) is 5.10 Å². The van der Waals surface area contributed by atoms with Crippen LogP contribution in [0.1, 0.15) is 36.2 Å². The fourth-order valence-electron chi connectivity index (χ4n) is 2.72. The van der Waals surface area contributed by atoms with Crippen molar-refractivity contribution in [3.8, 4) is 5.75 Å². The maximum Gasteiger partial charge on any atom is 0.256 e. The molecule has 1 aromatic heterocycles. The highest BCUT2D eigenvalue weighted by molar-refractivity contribution is 5.99. The molecule has 0 radical (unpaired) electrons. The summed E-state index contributed by atoms with van der Waals surface area (Å²) in [6.07, 6.45) is 2.48. The Morgan fingerprint density at radius 2 is 2.16 bits per heavy atom. The Labute approximate surface area is 145 Å². The van der Waals surface area contributed by atoms with Crippen LogP contribution in [0.3, 0.4) is 0 Å². The number of amides is 1. The maximum absolute atomic E-state index is 13.6. The first kappa shape index (κ1) is 17.1. The van der Waals surface area contributed by atoms with Gasteiger partial charge in [0, 0.05) is 12.8 Å². The van der Waals surface area contributed by atoms with E-state index in [1.54, 1.807) is 17.8 Å². The number of nitrogens with one attached hydrogen (secondary N) is 1. The fourth-order valence-corrected chi connectivity index (χ4v) is 2.72. The lowest BCUT2D eigenvalue weighted by Crippen LogP contribution is -2.33. The molecule has 1 amide bonds. The minimum Gasteiger partial charge on any atom is -0.489 e. The van der Waals surface area contributed by atoms with E-state index in [0.29, 0.717) is 36.5 Å². The van der Waals surface area contributed by atoms with Crippen LogP contribution in [-0.2, 0) is 13.5 Å². The Morgan fingerprint density at radius 3 is 2.96 bits per heavy atom.